The molecule has 0 spiro atoms. The molecule has 0 aliphatic rings. The summed E-state index contributed by atoms with van der Waals surface area (Å²) in [5, 5.41) is 10.4. The normalized spacial score (nSPS) is 13.6. The van der Waals surface area contributed by atoms with Crippen molar-refractivity contribution in [1.82, 2.24) is 0 Å². The van der Waals surface area contributed by atoms with Crippen LogP contribution in [-0.2, 0) is 23.5 Å². The van der Waals surface area contributed by atoms with E-state index in [-0.39, 0.29) is 12.2 Å². The van der Waals surface area contributed by atoms with Crippen LogP contribution < -0.4 is 0 Å². The van der Waals surface area contributed by atoms with E-state index in [0.29, 0.717) is 6.04 Å². The molecule has 0 saturated heterocycles. The maximum Gasteiger partial charge on any atom is 0.365 e. The lowest BCUT2D eigenvalue weighted by atomic mass is 10.1. The van der Waals surface area contributed by atoms with Gasteiger partial charge in [0.15, 0.2) is 0 Å². The molecule has 1 radical (unpaired) electrons. The molecule has 0 aromatic rings. The molecular formula is C9H17O5Si. The lowest BCUT2D eigenvalue weighted by molar-refractivity contribution is -0.150. The van der Waals surface area contributed by atoms with Gasteiger partial charge in [-0.25, -0.2) is 9.90 Å². The average Bonchev–Trinajstić information content (AvgIpc) is 2.24. The Morgan fingerprint density at radius 1 is 1.27 bits per heavy atom. The van der Waals surface area contributed by atoms with Gasteiger partial charge in [-0.3, -0.25) is 4.79 Å². The molecule has 0 saturated carbocycles. The summed E-state index contributed by atoms with van der Waals surface area (Å²) in [6.45, 7) is 3.15. The van der Waals surface area contributed by atoms with E-state index in [1.54, 1.807) is 0 Å². The van der Waals surface area contributed by atoms with Gasteiger partial charge < -0.3 is 8.85 Å². The van der Waals surface area contributed by atoms with Crippen molar-refractivity contribution in [3.8, 4) is 0 Å². The zero-order valence-corrected chi connectivity index (χ0v) is 10.5. The van der Waals surface area contributed by atoms with Crippen LogP contribution in [0, 0.1) is 5.92 Å². The van der Waals surface area contributed by atoms with Crippen molar-refractivity contribution >= 4 is 20.3 Å². The van der Waals surface area contributed by atoms with Gasteiger partial charge >= 0.3 is 14.5 Å². The molecule has 0 fully saturated rings. The standard InChI is InChI=1S/C9H17O5Si/c1-7(9(11)12)8(10)5-6-15(4,13-2)14-3/h7H,5-6H2,1-4H3. The molecule has 6 heteroatoms. The van der Waals surface area contributed by atoms with Crippen LogP contribution in [0.4, 0.5) is 0 Å². The van der Waals surface area contributed by atoms with E-state index >= 15 is 0 Å². The largest absolute Gasteiger partial charge is 0.398 e. The van der Waals surface area contributed by atoms with Crippen molar-refractivity contribution in [2.24, 2.45) is 5.92 Å². The Labute approximate surface area is 90.6 Å². The summed E-state index contributed by atoms with van der Waals surface area (Å²) >= 11 is 0. The first-order valence-corrected chi connectivity index (χ1v) is 7.22. The highest BCUT2D eigenvalue weighted by Gasteiger charge is 2.31. The Hall–Kier alpha value is -0.723. The molecule has 1 unspecified atom stereocenters. The average molecular weight is 233 g/mol. The Bertz CT molecular complexity index is 237. The molecule has 0 aromatic carbocycles. The first-order chi connectivity index (χ1) is 6.86. The fourth-order valence-corrected chi connectivity index (χ4v) is 2.26. The fourth-order valence-electron chi connectivity index (χ4n) is 0.986. The van der Waals surface area contributed by atoms with Crippen LogP contribution in [-0.4, -0.2) is 34.5 Å². The molecule has 87 valence electrons. The summed E-state index contributed by atoms with van der Waals surface area (Å²) in [5.41, 5.74) is 0. The molecule has 1 atom stereocenters. The zero-order chi connectivity index (χ0) is 12.1. The van der Waals surface area contributed by atoms with Gasteiger partial charge in [-0.2, -0.15) is 0 Å². The molecule has 0 rings (SSSR count). The number of rotatable bonds is 7. The van der Waals surface area contributed by atoms with Crippen molar-refractivity contribution < 1.29 is 23.5 Å². The minimum Gasteiger partial charge on any atom is -0.398 e. The summed E-state index contributed by atoms with van der Waals surface area (Å²) in [4.78, 5) is 21.8. The lowest BCUT2D eigenvalue weighted by Crippen LogP contribution is -2.37. The van der Waals surface area contributed by atoms with Gasteiger partial charge in [-0.1, -0.05) is 0 Å². The lowest BCUT2D eigenvalue weighted by Gasteiger charge is -2.22. The van der Waals surface area contributed by atoms with E-state index < -0.39 is 20.4 Å². The highest BCUT2D eigenvalue weighted by molar-refractivity contribution is 6.66. The van der Waals surface area contributed by atoms with Gasteiger partial charge in [0.2, 0.25) is 0 Å². The van der Waals surface area contributed by atoms with Gasteiger partial charge in [0.05, 0.1) is 0 Å². The van der Waals surface area contributed by atoms with Crippen LogP contribution >= 0.6 is 0 Å². The Balaban J connectivity index is 4.16. The molecule has 0 aliphatic heterocycles. The first-order valence-electron chi connectivity index (χ1n) is 4.70. The van der Waals surface area contributed by atoms with E-state index in [1.165, 1.54) is 21.1 Å². The van der Waals surface area contributed by atoms with Crippen molar-refractivity contribution in [2.75, 3.05) is 14.2 Å². The van der Waals surface area contributed by atoms with E-state index in [1.807, 2.05) is 6.55 Å². The SMILES string of the molecule is CO[Si](C)(CCC(=O)C(C)C([O])=O)OC. The summed E-state index contributed by atoms with van der Waals surface area (Å²) in [7, 11) is 0.785. The number of carbonyl (C=O) groups excluding carboxylic acids is 2. The molecule has 15 heavy (non-hydrogen) atoms. The monoisotopic (exact) mass is 233 g/mol. The van der Waals surface area contributed by atoms with E-state index in [0.717, 1.165) is 0 Å². The Morgan fingerprint density at radius 3 is 2.07 bits per heavy atom. The van der Waals surface area contributed by atoms with Crippen LogP contribution in [0.15, 0.2) is 0 Å². The minimum absolute atomic E-state index is 0.152. The second-order valence-corrected chi connectivity index (χ2v) is 7.13. The third kappa shape index (κ3) is 4.54. The predicted molar refractivity (Wildman–Crippen MR) is 54.9 cm³/mol. The first kappa shape index (κ1) is 14.3. The van der Waals surface area contributed by atoms with E-state index in [2.05, 4.69) is 0 Å². The topological polar surface area (TPSA) is 72.5 Å². The second kappa shape index (κ2) is 5.99. The predicted octanol–water partition coefficient (Wildman–Crippen LogP) is 0.904. The van der Waals surface area contributed by atoms with Gasteiger partial charge in [-0.15, -0.1) is 0 Å². The third-order valence-electron chi connectivity index (χ3n) is 2.53. The number of carbonyl (C=O) groups is 2. The Morgan fingerprint density at radius 2 is 1.73 bits per heavy atom. The van der Waals surface area contributed by atoms with Crippen molar-refractivity contribution in [3.05, 3.63) is 0 Å². The van der Waals surface area contributed by atoms with Crippen LogP contribution in [0.25, 0.3) is 0 Å². The second-order valence-electron chi connectivity index (χ2n) is 3.55. The Kier molecular flexibility index (Phi) is 5.70. The van der Waals surface area contributed by atoms with Gasteiger partial charge in [0, 0.05) is 20.6 Å². The molecule has 0 bridgehead atoms. The van der Waals surface area contributed by atoms with Crippen molar-refractivity contribution in [1.29, 1.82) is 0 Å². The number of Topliss-reactive ketones (excluding diaryl/α,β-unsaturated/α-hetero) is 1. The quantitative estimate of drug-likeness (QED) is 0.484. The number of hydrogen-bond acceptors (Lipinski definition) is 4. The zero-order valence-electron chi connectivity index (χ0n) is 9.53. The molecule has 0 aliphatic carbocycles. The van der Waals surface area contributed by atoms with Crippen LogP contribution in [0.2, 0.25) is 12.6 Å². The molecule has 0 N–H and O–H groups in total. The van der Waals surface area contributed by atoms with Crippen molar-refractivity contribution in [3.63, 3.8) is 0 Å². The van der Waals surface area contributed by atoms with Crippen LogP contribution in [0.1, 0.15) is 13.3 Å². The van der Waals surface area contributed by atoms with E-state index in [9.17, 15) is 14.7 Å². The van der Waals surface area contributed by atoms with Crippen LogP contribution in [0.5, 0.6) is 0 Å². The van der Waals surface area contributed by atoms with Gasteiger partial charge in [0.25, 0.3) is 0 Å². The maximum absolute atomic E-state index is 11.4. The minimum atomic E-state index is -2.27. The molecule has 0 heterocycles. The summed E-state index contributed by atoms with van der Waals surface area (Å²) in [6.07, 6.45) is 0.152. The van der Waals surface area contributed by atoms with Gasteiger partial charge in [0.1, 0.15) is 11.7 Å². The third-order valence-corrected chi connectivity index (χ3v) is 5.41. The molecular weight excluding hydrogens is 216 g/mol. The van der Waals surface area contributed by atoms with E-state index in [4.69, 9.17) is 8.85 Å². The fraction of sp³-hybridized carbons (Fsp3) is 0.778. The number of ketones is 1. The highest BCUT2D eigenvalue weighted by Crippen LogP contribution is 2.16. The van der Waals surface area contributed by atoms with Gasteiger partial charge in [-0.05, 0) is 19.5 Å². The smallest absolute Gasteiger partial charge is 0.365 e. The summed E-state index contributed by atoms with van der Waals surface area (Å²) < 4.78 is 10.4. The maximum atomic E-state index is 11.4. The molecule has 0 aromatic heterocycles. The van der Waals surface area contributed by atoms with Crippen LogP contribution in [0.3, 0.4) is 0 Å². The molecule has 5 nitrogen and oxygen atoms in total. The van der Waals surface area contributed by atoms with Crippen molar-refractivity contribution in [2.45, 2.75) is 25.9 Å². The number of hydrogen-bond donors (Lipinski definition) is 0. The highest BCUT2D eigenvalue weighted by atomic mass is 28.4. The summed E-state index contributed by atoms with van der Waals surface area (Å²) in [6, 6.07) is 0.455. The summed E-state index contributed by atoms with van der Waals surface area (Å²) in [5.74, 6) is -2.74. The molecule has 0 amide bonds.